The number of unbranched alkanes of at least 4 members (excludes halogenated alkanes) is 6. The highest BCUT2D eigenvalue weighted by Gasteiger charge is 1.95. The Morgan fingerprint density at radius 1 is 0.355 bits per heavy atom. The maximum atomic E-state index is 5.68. The molecule has 0 aliphatic rings. The van der Waals surface area contributed by atoms with Crippen LogP contribution in [0, 0.1) is 0 Å². The zero-order valence-electron chi connectivity index (χ0n) is 20.3. The first-order valence-corrected chi connectivity index (χ1v) is 12.8. The largest absolute Gasteiger partial charge is 0.381 e. The molecule has 5 N–H and O–H groups in total. The number of nitrogens with one attached hydrogen (secondary N) is 1. The van der Waals surface area contributed by atoms with E-state index in [0.717, 1.165) is 143 Å². The predicted octanol–water partition coefficient (Wildman–Crippen LogP) is 3.24. The predicted molar refractivity (Wildman–Crippen MR) is 130 cm³/mol. The first kappa shape index (κ1) is 30.7. The van der Waals surface area contributed by atoms with E-state index in [4.69, 9.17) is 30.4 Å². The molecule has 188 valence electrons. The van der Waals surface area contributed by atoms with Crippen molar-refractivity contribution in [3.05, 3.63) is 0 Å². The second-order valence-electron chi connectivity index (χ2n) is 8.02. The SMILES string of the molecule is NCCCCOCCCCOCCCCNCCCCOCCCCOCCCCN. The second kappa shape index (κ2) is 29.7. The van der Waals surface area contributed by atoms with Gasteiger partial charge in [0.15, 0.2) is 0 Å². The van der Waals surface area contributed by atoms with Crippen molar-refractivity contribution in [2.75, 3.05) is 79.0 Å². The third-order valence-corrected chi connectivity index (χ3v) is 4.92. The summed E-state index contributed by atoms with van der Waals surface area (Å²) in [6.45, 7) is 10.5. The highest BCUT2D eigenvalue weighted by atomic mass is 16.5. The lowest BCUT2D eigenvalue weighted by molar-refractivity contribution is 0.0992. The van der Waals surface area contributed by atoms with Crippen LogP contribution in [0.3, 0.4) is 0 Å². The highest BCUT2D eigenvalue weighted by molar-refractivity contribution is 4.50. The third-order valence-electron chi connectivity index (χ3n) is 4.92. The highest BCUT2D eigenvalue weighted by Crippen LogP contribution is 1.97. The molecule has 0 aliphatic carbocycles. The van der Waals surface area contributed by atoms with Gasteiger partial charge in [0.05, 0.1) is 0 Å². The van der Waals surface area contributed by atoms with Gasteiger partial charge in [-0.25, -0.2) is 0 Å². The molecule has 0 aromatic heterocycles. The topological polar surface area (TPSA) is 101 Å². The summed E-state index contributed by atoms with van der Waals surface area (Å²) in [5.74, 6) is 0. The van der Waals surface area contributed by atoms with Crippen molar-refractivity contribution in [1.82, 2.24) is 5.32 Å². The summed E-state index contributed by atoms with van der Waals surface area (Å²) in [4.78, 5) is 0. The molecule has 0 aliphatic heterocycles. The minimum Gasteiger partial charge on any atom is -0.381 e. The van der Waals surface area contributed by atoms with Crippen molar-refractivity contribution >= 4 is 0 Å². The minimum absolute atomic E-state index is 0.760. The number of nitrogens with two attached hydrogens (primary N) is 2. The summed E-state index contributed by atoms with van der Waals surface area (Å²) in [6.07, 6.45) is 13.2. The molecule has 0 rings (SSSR count). The van der Waals surface area contributed by atoms with Crippen LogP contribution in [-0.4, -0.2) is 79.0 Å². The Hall–Kier alpha value is -0.280. The van der Waals surface area contributed by atoms with Gasteiger partial charge >= 0.3 is 0 Å². The van der Waals surface area contributed by atoms with Gasteiger partial charge < -0.3 is 35.7 Å². The summed E-state index contributed by atoms with van der Waals surface area (Å²) in [5.41, 5.74) is 10.9. The molecule has 0 heterocycles. The molecule has 0 saturated heterocycles. The Balaban J connectivity index is 2.98. The Labute approximate surface area is 192 Å². The van der Waals surface area contributed by atoms with Crippen LogP contribution in [0.25, 0.3) is 0 Å². The smallest absolute Gasteiger partial charge is 0.0466 e. The molecule has 0 spiro atoms. The van der Waals surface area contributed by atoms with E-state index in [1.54, 1.807) is 0 Å². The van der Waals surface area contributed by atoms with E-state index in [1.807, 2.05) is 0 Å². The lowest BCUT2D eigenvalue weighted by Crippen LogP contribution is -2.17. The first-order chi connectivity index (χ1) is 15.4. The summed E-state index contributed by atoms with van der Waals surface area (Å²) < 4.78 is 22.5. The van der Waals surface area contributed by atoms with Crippen molar-refractivity contribution in [3.63, 3.8) is 0 Å². The van der Waals surface area contributed by atoms with Crippen molar-refractivity contribution in [2.45, 2.75) is 77.0 Å². The summed E-state index contributed by atoms with van der Waals surface area (Å²) in [5, 5.41) is 3.50. The quantitative estimate of drug-likeness (QED) is 0.158. The Morgan fingerprint density at radius 2 is 0.613 bits per heavy atom. The van der Waals surface area contributed by atoms with Crippen molar-refractivity contribution in [2.24, 2.45) is 11.5 Å². The van der Waals surface area contributed by atoms with E-state index in [1.165, 1.54) is 12.8 Å². The van der Waals surface area contributed by atoms with Crippen molar-refractivity contribution in [3.8, 4) is 0 Å². The average Bonchev–Trinajstić information content (AvgIpc) is 2.78. The summed E-state index contributed by atoms with van der Waals surface area (Å²) in [6, 6.07) is 0. The molecule has 7 nitrogen and oxygen atoms in total. The van der Waals surface area contributed by atoms with Gasteiger partial charge in [0.25, 0.3) is 0 Å². The fourth-order valence-corrected chi connectivity index (χ4v) is 2.95. The summed E-state index contributed by atoms with van der Waals surface area (Å²) in [7, 11) is 0. The molecule has 0 saturated carbocycles. The Bertz CT molecular complexity index is 285. The molecule has 0 bridgehead atoms. The van der Waals surface area contributed by atoms with Gasteiger partial charge in [-0.3, -0.25) is 0 Å². The molecule has 0 amide bonds. The van der Waals surface area contributed by atoms with Crippen LogP contribution in [0.15, 0.2) is 0 Å². The number of hydrogen-bond donors (Lipinski definition) is 3. The molecular formula is C24H53N3O4. The lowest BCUT2D eigenvalue weighted by atomic mass is 10.3. The number of ether oxygens (including phenoxy) is 4. The van der Waals surface area contributed by atoms with E-state index >= 15 is 0 Å². The molecule has 0 unspecified atom stereocenters. The standard InChI is InChI=1S/C24H53N3O4/c25-13-1-5-17-28-21-9-11-23-30-19-7-3-15-27-16-4-8-20-31-24-12-10-22-29-18-6-2-14-26/h27H,1-26H2. The van der Waals surface area contributed by atoms with Crippen LogP contribution in [0.1, 0.15) is 77.0 Å². The van der Waals surface area contributed by atoms with E-state index in [0.29, 0.717) is 0 Å². The monoisotopic (exact) mass is 447 g/mol. The first-order valence-electron chi connectivity index (χ1n) is 12.8. The van der Waals surface area contributed by atoms with E-state index in [2.05, 4.69) is 5.32 Å². The van der Waals surface area contributed by atoms with Gasteiger partial charge in [-0.15, -0.1) is 0 Å². The van der Waals surface area contributed by atoms with Crippen molar-refractivity contribution in [1.29, 1.82) is 0 Å². The molecule has 0 radical (unpaired) electrons. The van der Waals surface area contributed by atoms with Gasteiger partial charge in [-0.05, 0) is 103 Å². The maximum absolute atomic E-state index is 5.68. The Morgan fingerprint density at radius 3 is 0.903 bits per heavy atom. The fourth-order valence-electron chi connectivity index (χ4n) is 2.95. The second-order valence-corrected chi connectivity index (χ2v) is 8.02. The van der Waals surface area contributed by atoms with Gasteiger partial charge in [0, 0.05) is 52.9 Å². The molecule has 7 heteroatoms. The number of hydrogen-bond acceptors (Lipinski definition) is 7. The maximum Gasteiger partial charge on any atom is 0.0466 e. The van der Waals surface area contributed by atoms with Crippen LogP contribution in [0.5, 0.6) is 0 Å². The molecule has 0 atom stereocenters. The van der Waals surface area contributed by atoms with Crippen LogP contribution < -0.4 is 16.8 Å². The lowest BCUT2D eigenvalue weighted by Gasteiger charge is -2.07. The van der Waals surface area contributed by atoms with Crippen LogP contribution >= 0.6 is 0 Å². The van der Waals surface area contributed by atoms with Gasteiger partial charge in [-0.2, -0.15) is 0 Å². The third kappa shape index (κ3) is 29.7. The van der Waals surface area contributed by atoms with E-state index in [-0.39, 0.29) is 0 Å². The Kier molecular flexibility index (Phi) is 29.5. The van der Waals surface area contributed by atoms with E-state index in [9.17, 15) is 0 Å². The summed E-state index contributed by atoms with van der Waals surface area (Å²) >= 11 is 0. The minimum atomic E-state index is 0.760. The van der Waals surface area contributed by atoms with Crippen LogP contribution in [0.2, 0.25) is 0 Å². The molecule has 0 aromatic carbocycles. The van der Waals surface area contributed by atoms with Gasteiger partial charge in [0.1, 0.15) is 0 Å². The normalized spacial score (nSPS) is 11.4. The molecular weight excluding hydrogens is 394 g/mol. The van der Waals surface area contributed by atoms with E-state index < -0.39 is 0 Å². The molecule has 0 aromatic rings. The fraction of sp³-hybridized carbons (Fsp3) is 1.00. The van der Waals surface area contributed by atoms with Crippen LogP contribution in [0.4, 0.5) is 0 Å². The number of rotatable bonds is 28. The zero-order valence-corrected chi connectivity index (χ0v) is 20.3. The molecule has 31 heavy (non-hydrogen) atoms. The van der Waals surface area contributed by atoms with Gasteiger partial charge in [0.2, 0.25) is 0 Å². The average molecular weight is 448 g/mol. The zero-order chi connectivity index (χ0) is 22.5. The molecule has 0 fully saturated rings. The van der Waals surface area contributed by atoms with Crippen LogP contribution in [-0.2, 0) is 18.9 Å². The van der Waals surface area contributed by atoms with Gasteiger partial charge in [-0.1, -0.05) is 0 Å². The van der Waals surface area contributed by atoms with Crippen molar-refractivity contribution < 1.29 is 18.9 Å².